The number of nitrogens with zero attached hydrogens (tertiary/aromatic N) is 2. The molecule has 6 heteroatoms. The van der Waals surface area contributed by atoms with Crippen LogP contribution in [-0.2, 0) is 0 Å². The third-order valence-corrected chi connectivity index (χ3v) is 6.12. The lowest BCUT2D eigenvalue weighted by Gasteiger charge is -2.15. The first-order chi connectivity index (χ1) is 10.0. The Labute approximate surface area is 141 Å². The lowest BCUT2D eigenvalue weighted by molar-refractivity contribution is 0.954. The Morgan fingerprint density at radius 1 is 0.810 bits per heavy atom. The van der Waals surface area contributed by atoms with E-state index in [2.05, 4.69) is 58.9 Å². The Kier molecular flexibility index (Phi) is 3.96. The van der Waals surface area contributed by atoms with E-state index < -0.39 is 0 Å². The number of aromatic nitrogens is 2. The smallest absolute Gasteiger partial charge is 0.165 e. The van der Waals surface area contributed by atoms with Crippen LogP contribution in [0.25, 0.3) is 11.4 Å². The largest absolute Gasteiger partial charge is 0.296 e. The Bertz CT molecular complexity index is 851. The highest BCUT2D eigenvalue weighted by molar-refractivity contribution is 7.73. The Morgan fingerprint density at radius 2 is 1.24 bits per heavy atom. The molecular weight excluding hydrogens is 336 g/mol. The molecule has 0 spiro atoms. The molecule has 2 heterocycles. The minimum absolute atomic E-state index is 0.874. The molecule has 1 aromatic carbocycles. The summed E-state index contributed by atoms with van der Waals surface area (Å²) >= 11 is 14.1. The molecule has 3 aromatic rings. The van der Waals surface area contributed by atoms with Gasteiger partial charge in [-0.15, -0.1) is 22.7 Å². The molecule has 0 unspecified atom stereocenters. The molecule has 0 aliphatic carbocycles. The summed E-state index contributed by atoms with van der Waals surface area (Å²) in [5, 5.41) is 4.19. The molecule has 0 saturated heterocycles. The van der Waals surface area contributed by atoms with Crippen molar-refractivity contribution < 1.29 is 0 Å². The van der Waals surface area contributed by atoms with Crippen LogP contribution >= 0.6 is 47.1 Å². The quantitative estimate of drug-likeness (QED) is 0.542. The van der Waals surface area contributed by atoms with Gasteiger partial charge in [0, 0.05) is 22.1 Å². The summed E-state index contributed by atoms with van der Waals surface area (Å²) in [5.41, 5.74) is 5.77. The van der Waals surface area contributed by atoms with Crippen LogP contribution in [0, 0.1) is 28.7 Å². The predicted molar refractivity (Wildman–Crippen MR) is 96.7 cm³/mol. The first-order valence-corrected chi connectivity index (χ1v) is 9.03. The lowest BCUT2D eigenvalue weighted by Crippen LogP contribution is -2.04. The van der Waals surface area contributed by atoms with Crippen molar-refractivity contribution in [3.63, 3.8) is 0 Å². The number of benzene rings is 1. The molecule has 2 aromatic heterocycles. The van der Waals surface area contributed by atoms with E-state index >= 15 is 0 Å². The van der Waals surface area contributed by atoms with Crippen LogP contribution in [0.15, 0.2) is 29.0 Å². The van der Waals surface area contributed by atoms with Gasteiger partial charge in [0.1, 0.15) is 0 Å². The highest BCUT2D eigenvalue weighted by Gasteiger charge is 2.12. The summed E-state index contributed by atoms with van der Waals surface area (Å²) in [6, 6.07) is 6.29. The molecule has 0 N–H and O–H groups in total. The van der Waals surface area contributed by atoms with Gasteiger partial charge in [0.15, 0.2) is 7.91 Å². The first kappa shape index (κ1) is 14.8. The summed E-state index contributed by atoms with van der Waals surface area (Å²) in [6.45, 7) is 6.29. The molecular formula is C15H14N2S4. The van der Waals surface area contributed by atoms with Crippen molar-refractivity contribution in [2.24, 2.45) is 0 Å². The summed E-state index contributed by atoms with van der Waals surface area (Å²) < 4.78 is 6.01. The van der Waals surface area contributed by atoms with E-state index in [1.807, 2.05) is 0 Å². The monoisotopic (exact) mass is 350 g/mol. The molecule has 3 rings (SSSR count). The van der Waals surface area contributed by atoms with Gasteiger partial charge in [0.2, 0.25) is 0 Å². The third kappa shape index (κ3) is 2.46. The van der Waals surface area contributed by atoms with Crippen LogP contribution in [0.5, 0.6) is 0 Å². The van der Waals surface area contributed by atoms with E-state index in [0.29, 0.717) is 0 Å². The van der Waals surface area contributed by atoms with Gasteiger partial charge < -0.3 is 0 Å². The van der Waals surface area contributed by atoms with Crippen molar-refractivity contribution in [2.45, 2.75) is 20.8 Å². The van der Waals surface area contributed by atoms with E-state index in [9.17, 15) is 0 Å². The summed E-state index contributed by atoms with van der Waals surface area (Å²) in [6.07, 6.45) is 0. The standard InChI is InChI=1S/C15H14N2S4/c1-9-7-20-14(18)16(9)12-5-4-6-13(11(12)3)17-10(2)8-21-15(17)19/h4-8H,1-3H3. The molecule has 0 amide bonds. The number of thiazole rings is 2. The van der Waals surface area contributed by atoms with Crippen LogP contribution in [0.3, 0.4) is 0 Å². The zero-order chi connectivity index (χ0) is 15.1. The SMILES string of the molecule is Cc1c(-n2c(C)csc2=S)cccc1-n1c(C)csc1=S. The van der Waals surface area contributed by atoms with Gasteiger partial charge in [-0.1, -0.05) is 6.07 Å². The zero-order valence-electron chi connectivity index (χ0n) is 11.9. The fourth-order valence-electron chi connectivity index (χ4n) is 2.44. The van der Waals surface area contributed by atoms with Crippen molar-refractivity contribution in [1.82, 2.24) is 9.13 Å². The normalized spacial score (nSPS) is 11.0. The molecule has 21 heavy (non-hydrogen) atoms. The second-order valence-corrected chi connectivity index (χ2v) is 7.88. The molecule has 0 fully saturated rings. The van der Waals surface area contributed by atoms with Crippen molar-refractivity contribution in [2.75, 3.05) is 0 Å². The summed E-state index contributed by atoms with van der Waals surface area (Å²) in [5.74, 6) is 0. The number of rotatable bonds is 2. The molecule has 0 atom stereocenters. The van der Waals surface area contributed by atoms with E-state index in [-0.39, 0.29) is 0 Å². The van der Waals surface area contributed by atoms with E-state index in [1.54, 1.807) is 22.7 Å². The fraction of sp³-hybridized carbons (Fsp3) is 0.200. The maximum Gasteiger partial charge on any atom is 0.165 e. The molecule has 2 nitrogen and oxygen atoms in total. The molecule has 0 saturated carbocycles. The molecule has 0 bridgehead atoms. The maximum absolute atomic E-state index is 5.47. The van der Waals surface area contributed by atoms with Crippen molar-refractivity contribution >= 4 is 47.1 Å². The number of hydrogen-bond acceptors (Lipinski definition) is 4. The van der Waals surface area contributed by atoms with Crippen LogP contribution < -0.4 is 0 Å². The second-order valence-electron chi connectivity index (χ2n) is 4.88. The summed E-state index contributed by atoms with van der Waals surface area (Å²) in [7, 11) is 0. The van der Waals surface area contributed by atoms with Crippen molar-refractivity contribution in [3.8, 4) is 11.4 Å². The molecule has 0 radical (unpaired) electrons. The van der Waals surface area contributed by atoms with Gasteiger partial charge >= 0.3 is 0 Å². The minimum Gasteiger partial charge on any atom is -0.296 e. The van der Waals surface area contributed by atoms with Gasteiger partial charge in [-0.3, -0.25) is 9.13 Å². The minimum atomic E-state index is 0.874. The summed E-state index contributed by atoms with van der Waals surface area (Å²) in [4.78, 5) is 0. The average Bonchev–Trinajstić information content (AvgIpc) is 2.95. The number of aryl methyl sites for hydroxylation is 2. The first-order valence-electron chi connectivity index (χ1n) is 6.45. The molecule has 0 aliphatic rings. The van der Waals surface area contributed by atoms with Gasteiger partial charge in [0.25, 0.3) is 0 Å². The number of hydrogen-bond donors (Lipinski definition) is 0. The Balaban J connectivity index is 2.31. The van der Waals surface area contributed by atoms with Gasteiger partial charge in [-0.2, -0.15) is 0 Å². The third-order valence-electron chi connectivity index (χ3n) is 3.49. The van der Waals surface area contributed by atoms with E-state index in [4.69, 9.17) is 24.4 Å². The maximum atomic E-state index is 5.47. The molecule has 108 valence electrons. The van der Waals surface area contributed by atoms with Gasteiger partial charge in [0.05, 0.1) is 11.4 Å². The molecule has 0 aliphatic heterocycles. The highest BCUT2D eigenvalue weighted by Crippen LogP contribution is 2.27. The van der Waals surface area contributed by atoms with Crippen LogP contribution in [0.4, 0.5) is 0 Å². The van der Waals surface area contributed by atoms with Crippen molar-refractivity contribution in [1.29, 1.82) is 0 Å². The topological polar surface area (TPSA) is 9.86 Å². The zero-order valence-corrected chi connectivity index (χ0v) is 15.2. The van der Waals surface area contributed by atoms with Crippen molar-refractivity contribution in [3.05, 3.63) is 53.8 Å². The van der Waals surface area contributed by atoms with Crippen LogP contribution in [0.1, 0.15) is 17.0 Å². The van der Waals surface area contributed by atoms with E-state index in [0.717, 1.165) is 30.7 Å². The highest BCUT2D eigenvalue weighted by atomic mass is 32.2. The Morgan fingerprint density at radius 3 is 1.57 bits per heavy atom. The predicted octanol–water partition coefficient (Wildman–Crippen LogP) is 5.78. The van der Waals surface area contributed by atoms with E-state index in [1.165, 1.54) is 5.56 Å². The van der Waals surface area contributed by atoms with Gasteiger partial charge in [-0.25, -0.2) is 0 Å². The Hall–Kier alpha value is -1.08. The lowest BCUT2D eigenvalue weighted by atomic mass is 10.1. The van der Waals surface area contributed by atoms with Gasteiger partial charge in [-0.05, 0) is 62.9 Å². The van der Waals surface area contributed by atoms with Crippen LogP contribution in [0.2, 0.25) is 0 Å². The average molecular weight is 351 g/mol. The fourth-order valence-corrected chi connectivity index (χ4v) is 4.67. The van der Waals surface area contributed by atoms with Crippen LogP contribution in [-0.4, -0.2) is 9.13 Å². The second kappa shape index (κ2) is 5.61.